The van der Waals surface area contributed by atoms with Crippen molar-refractivity contribution in [2.75, 3.05) is 24.5 Å². The maximum atomic E-state index is 6.40. The van der Waals surface area contributed by atoms with Crippen molar-refractivity contribution in [1.29, 1.82) is 0 Å². The van der Waals surface area contributed by atoms with Crippen LogP contribution < -0.4 is 10.6 Å². The molecule has 3 aromatic rings. The van der Waals surface area contributed by atoms with Gasteiger partial charge in [0.15, 0.2) is 5.65 Å². The van der Waals surface area contributed by atoms with E-state index in [-0.39, 0.29) is 5.41 Å². The number of fused-ring (bicyclic) bond motifs is 1. The summed E-state index contributed by atoms with van der Waals surface area (Å²) in [5.74, 6) is 1.04. The molecule has 1 aliphatic heterocycles. The van der Waals surface area contributed by atoms with Crippen LogP contribution in [0.3, 0.4) is 0 Å². The Morgan fingerprint density at radius 3 is 2.69 bits per heavy atom. The molecule has 2 N–H and O–H groups in total. The standard InChI is InChI=1S/C19H21Cl2N5/c1-19(12-22)5-8-25(9-6-19)15-11-24-17(18-23-7-10-26(15)18)13-3-2-4-14(20)16(13)21/h2-4,7,10-11H,5-6,8-9,12,22H2,1H3. The average Bonchev–Trinajstić information content (AvgIpc) is 3.14. The third-order valence-corrected chi connectivity index (χ3v) is 6.22. The van der Waals surface area contributed by atoms with Gasteiger partial charge in [-0.1, -0.05) is 42.3 Å². The van der Waals surface area contributed by atoms with E-state index in [1.54, 1.807) is 12.3 Å². The van der Waals surface area contributed by atoms with Gasteiger partial charge in [-0.2, -0.15) is 0 Å². The van der Waals surface area contributed by atoms with E-state index in [0.29, 0.717) is 10.0 Å². The highest BCUT2D eigenvalue weighted by molar-refractivity contribution is 6.43. The molecular formula is C19H21Cl2N5. The fraction of sp³-hybridized carbons (Fsp3) is 0.368. The first-order valence-corrected chi connectivity index (χ1v) is 9.49. The Kier molecular flexibility index (Phi) is 4.55. The predicted molar refractivity (Wildman–Crippen MR) is 107 cm³/mol. The fourth-order valence-electron chi connectivity index (χ4n) is 3.50. The fourth-order valence-corrected chi connectivity index (χ4v) is 3.89. The summed E-state index contributed by atoms with van der Waals surface area (Å²) in [6, 6.07) is 5.56. The van der Waals surface area contributed by atoms with Gasteiger partial charge in [0.05, 0.1) is 16.2 Å². The second kappa shape index (κ2) is 6.72. The highest BCUT2D eigenvalue weighted by Gasteiger charge is 2.30. The number of halogens is 2. The Morgan fingerprint density at radius 1 is 1.19 bits per heavy atom. The largest absolute Gasteiger partial charge is 0.356 e. The number of anilines is 1. The lowest BCUT2D eigenvalue weighted by molar-refractivity contribution is 0.257. The first-order chi connectivity index (χ1) is 12.5. The number of imidazole rings is 1. The maximum absolute atomic E-state index is 6.40. The number of aromatic nitrogens is 3. The minimum absolute atomic E-state index is 0.228. The van der Waals surface area contributed by atoms with E-state index in [4.69, 9.17) is 33.9 Å². The van der Waals surface area contributed by atoms with E-state index in [0.717, 1.165) is 55.2 Å². The summed E-state index contributed by atoms with van der Waals surface area (Å²) in [6.07, 6.45) is 7.79. The molecule has 1 fully saturated rings. The van der Waals surface area contributed by atoms with Crippen LogP contribution in [0.25, 0.3) is 16.9 Å². The molecule has 3 heterocycles. The van der Waals surface area contributed by atoms with Gasteiger partial charge in [-0.25, -0.2) is 9.97 Å². The molecule has 0 amide bonds. The molecule has 0 unspecified atom stereocenters. The minimum Gasteiger partial charge on any atom is -0.356 e. The topological polar surface area (TPSA) is 59.5 Å². The molecular weight excluding hydrogens is 369 g/mol. The van der Waals surface area contributed by atoms with Gasteiger partial charge in [0.2, 0.25) is 0 Å². The molecule has 136 valence electrons. The van der Waals surface area contributed by atoms with Crippen LogP contribution >= 0.6 is 23.2 Å². The summed E-state index contributed by atoms with van der Waals surface area (Å²) in [7, 11) is 0. The van der Waals surface area contributed by atoms with Crippen molar-refractivity contribution in [2.45, 2.75) is 19.8 Å². The molecule has 5 nitrogen and oxygen atoms in total. The summed E-state index contributed by atoms with van der Waals surface area (Å²) >= 11 is 12.6. The molecule has 4 rings (SSSR count). The number of hydrogen-bond acceptors (Lipinski definition) is 4. The van der Waals surface area contributed by atoms with Crippen LogP contribution in [0.4, 0.5) is 5.82 Å². The molecule has 0 aliphatic carbocycles. The predicted octanol–water partition coefficient (Wildman–Crippen LogP) is 4.27. The molecule has 26 heavy (non-hydrogen) atoms. The normalized spacial score (nSPS) is 17.0. The third-order valence-electron chi connectivity index (χ3n) is 5.40. The van der Waals surface area contributed by atoms with Gasteiger partial charge in [-0.15, -0.1) is 0 Å². The molecule has 1 aromatic carbocycles. The number of piperidine rings is 1. The van der Waals surface area contributed by atoms with Crippen molar-refractivity contribution >= 4 is 34.7 Å². The molecule has 0 saturated carbocycles. The molecule has 1 aliphatic rings. The van der Waals surface area contributed by atoms with E-state index in [1.807, 2.05) is 24.5 Å². The zero-order valence-electron chi connectivity index (χ0n) is 14.6. The van der Waals surface area contributed by atoms with Gasteiger partial charge in [0.25, 0.3) is 0 Å². The van der Waals surface area contributed by atoms with Crippen LogP contribution in [0.2, 0.25) is 10.0 Å². The van der Waals surface area contributed by atoms with E-state index in [1.165, 1.54) is 0 Å². The van der Waals surface area contributed by atoms with Gasteiger partial charge >= 0.3 is 0 Å². The number of hydrogen-bond donors (Lipinski definition) is 1. The van der Waals surface area contributed by atoms with Crippen molar-refractivity contribution < 1.29 is 0 Å². The Balaban J connectivity index is 1.75. The second-order valence-electron chi connectivity index (χ2n) is 7.19. The Hall–Kier alpha value is -1.82. The van der Waals surface area contributed by atoms with Gasteiger partial charge in [-0.3, -0.25) is 4.40 Å². The van der Waals surface area contributed by atoms with Crippen molar-refractivity contribution in [1.82, 2.24) is 14.4 Å². The Bertz CT molecular complexity index is 944. The average molecular weight is 390 g/mol. The molecule has 0 spiro atoms. The van der Waals surface area contributed by atoms with Crippen LogP contribution in [0.5, 0.6) is 0 Å². The Morgan fingerprint density at radius 2 is 1.96 bits per heavy atom. The van der Waals surface area contributed by atoms with E-state index in [2.05, 4.69) is 21.2 Å². The van der Waals surface area contributed by atoms with Crippen molar-refractivity contribution in [3.63, 3.8) is 0 Å². The minimum atomic E-state index is 0.228. The molecule has 0 radical (unpaired) electrons. The quantitative estimate of drug-likeness (QED) is 0.726. The van der Waals surface area contributed by atoms with Crippen LogP contribution in [-0.4, -0.2) is 34.0 Å². The molecule has 1 saturated heterocycles. The summed E-state index contributed by atoms with van der Waals surface area (Å²) in [6.45, 7) is 4.91. The van der Waals surface area contributed by atoms with Crippen LogP contribution in [0, 0.1) is 5.41 Å². The van der Waals surface area contributed by atoms with Crippen LogP contribution in [-0.2, 0) is 0 Å². The van der Waals surface area contributed by atoms with Crippen LogP contribution in [0.15, 0.2) is 36.8 Å². The highest BCUT2D eigenvalue weighted by Crippen LogP contribution is 2.36. The van der Waals surface area contributed by atoms with Gasteiger partial charge in [0, 0.05) is 31.0 Å². The smallest absolute Gasteiger partial charge is 0.165 e. The molecule has 2 aromatic heterocycles. The number of nitrogens with two attached hydrogens (primary N) is 1. The molecule has 0 bridgehead atoms. The van der Waals surface area contributed by atoms with Crippen molar-refractivity contribution in [3.8, 4) is 11.3 Å². The number of benzene rings is 1. The first kappa shape index (κ1) is 17.6. The monoisotopic (exact) mass is 389 g/mol. The lowest BCUT2D eigenvalue weighted by Gasteiger charge is -2.39. The molecule has 7 heteroatoms. The Labute approximate surface area is 162 Å². The van der Waals surface area contributed by atoms with Gasteiger partial charge < -0.3 is 10.6 Å². The third kappa shape index (κ3) is 2.94. The number of rotatable bonds is 3. The lowest BCUT2D eigenvalue weighted by Crippen LogP contribution is -2.42. The zero-order valence-corrected chi connectivity index (χ0v) is 16.1. The summed E-state index contributed by atoms with van der Waals surface area (Å²) < 4.78 is 2.07. The van der Waals surface area contributed by atoms with Gasteiger partial charge in [-0.05, 0) is 30.9 Å². The highest BCUT2D eigenvalue weighted by atomic mass is 35.5. The maximum Gasteiger partial charge on any atom is 0.165 e. The SMILES string of the molecule is CC1(CN)CCN(c2cnc(-c3cccc(Cl)c3Cl)c3nccn23)CC1. The zero-order chi connectivity index (χ0) is 18.3. The lowest BCUT2D eigenvalue weighted by atomic mass is 9.80. The van der Waals surface area contributed by atoms with Gasteiger partial charge in [0.1, 0.15) is 11.5 Å². The summed E-state index contributed by atoms with van der Waals surface area (Å²) in [4.78, 5) is 11.6. The van der Waals surface area contributed by atoms with E-state index < -0.39 is 0 Å². The summed E-state index contributed by atoms with van der Waals surface area (Å²) in [5.41, 5.74) is 8.46. The summed E-state index contributed by atoms with van der Waals surface area (Å²) in [5, 5.41) is 1.01. The second-order valence-corrected chi connectivity index (χ2v) is 7.97. The first-order valence-electron chi connectivity index (χ1n) is 8.74. The van der Waals surface area contributed by atoms with Crippen molar-refractivity contribution in [3.05, 3.63) is 46.8 Å². The van der Waals surface area contributed by atoms with Crippen LogP contribution in [0.1, 0.15) is 19.8 Å². The number of nitrogens with zero attached hydrogens (tertiary/aromatic N) is 4. The van der Waals surface area contributed by atoms with Crippen molar-refractivity contribution in [2.24, 2.45) is 11.1 Å². The molecule has 0 atom stereocenters. The van der Waals surface area contributed by atoms with E-state index >= 15 is 0 Å². The van der Waals surface area contributed by atoms with E-state index in [9.17, 15) is 0 Å².